The van der Waals surface area contributed by atoms with E-state index in [1.165, 1.54) is 12.8 Å². The van der Waals surface area contributed by atoms with Gasteiger partial charge in [-0.2, -0.15) is 0 Å². The lowest BCUT2D eigenvalue weighted by atomic mass is 9.82. The average Bonchev–Trinajstić information content (AvgIpc) is 2.14. The number of hydrogen-bond donors (Lipinski definition) is 2. The normalized spacial score (nSPS) is 14.2. The zero-order valence-corrected chi connectivity index (χ0v) is 11.0. The number of aliphatic hydroxyl groups excluding tert-OH is 1. The highest BCUT2D eigenvalue weighted by atomic mass is 16.2. The zero-order chi connectivity index (χ0) is 11.7. The Morgan fingerprint density at radius 3 is 2.20 bits per heavy atom. The minimum absolute atomic E-state index is 0.342. The van der Waals surface area contributed by atoms with Crippen LogP contribution in [-0.2, 0) is 0 Å². The Bertz CT molecular complexity index is 140. The number of hydrogen-bond acceptors (Lipinski definition) is 2. The zero-order valence-electron chi connectivity index (χ0n) is 11.0. The summed E-state index contributed by atoms with van der Waals surface area (Å²) in [6, 6.07) is 0. The Balaban J connectivity index is 3.24. The van der Waals surface area contributed by atoms with Crippen molar-refractivity contribution in [1.82, 2.24) is 5.32 Å². The Hall–Kier alpha value is -0.0800. The molecule has 0 aliphatic rings. The minimum Gasteiger partial charge on any atom is -0.396 e. The molecule has 1 atom stereocenters. The topological polar surface area (TPSA) is 32.3 Å². The largest absolute Gasteiger partial charge is 0.396 e. The van der Waals surface area contributed by atoms with Crippen LogP contribution in [-0.4, -0.2) is 24.8 Å². The molecule has 0 aliphatic heterocycles. The van der Waals surface area contributed by atoms with Crippen molar-refractivity contribution >= 4 is 0 Å². The molecule has 1 unspecified atom stereocenters. The lowest BCUT2D eigenvalue weighted by Gasteiger charge is -2.27. The van der Waals surface area contributed by atoms with Crippen LogP contribution >= 0.6 is 0 Å². The molecule has 92 valence electrons. The first-order valence-electron chi connectivity index (χ1n) is 6.30. The smallest absolute Gasteiger partial charge is 0.0431 e. The van der Waals surface area contributed by atoms with Crippen molar-refractivity contribution in [1.29, 1.82) is 0 Å². The van der Waals surface area contributed by atoms with Gasteiger partial charge in [-0.25, -0.2) is 0 Å². The second-order valence-electron chi connectivity index (χ2n) is 5.61. The SMILES string of the molecule is CC(CNCCCCCCO)C(C)(C)C. The predicted octanol–water partition coefficient (Wildman–Crippen LogP) is 2.81. The minimum atomic E-state index is 0.342. The van der Waals surface area contributed by atoms with Crippen LogP contribution in [0.4, 0.5) is 0 Å². The van der Waals surface area contributed by atoms with Crippen molar-refractivity contribution < 1.29 is 5.11 Å². The van der Waals surface area contributed by atoms with Crippen LogP contribution in [0.3, 0.4) is 0 Å². The van der Waals surface area contributed by atoms with E-state index in [2.05, 4.69) is 33.0 Å². The lowest BCUT2D eigenvalue weighted by molar-refractivity contribution is 0.252. The maximum Gasteiger partial charge on any atom is 0.0431 e. The maximum atomic E-state index is 8.62. The first-order chi connectivity index (χ1) is 6.98. The average molecular weight is 215 g/mol. The van der Waals surface area contributed by atoms with Crippen molar-refractivity contribution in [3.05, 3.63) is 0 Å². The molecule has 0 aliphatic carbocycles. The molecular weight excluding hydrogens is 186 g/mol. The van der Waals surface area contributed by atoms with E-state index in [1.54, 1.807) is 0 Å². The third-order valence-electron chi connectivity index (χ3n) is 3.19. The van der Waals surface area contributed by atoms with Crippen LogP contribution in [0.15, 0.2) is 0 Å². The summed E-state index contributed by atoms with van der Waals surface area (Å²) in [4.78, 5) is 0. The molecule has 0 saturated heterocycles. The molecule has 0 fully saturated rings. The van der Waals surface area contributed by atoms with Crippen LogP contribution in [0.1, 0.15) is 53.4 Å². The molecular formula is C13H29NO. The standard InChI is InChI=1S/C13H29NO/c1-12(13(2,3)4)11-14-9-7-5-6-8-10-15/h12,14-15H,5-11H2,1-4H3. The highest BCUT2D eigenvalue weighted by Crippen LogP contribution is 2.24. The second kappa shape index (κ2) is 8.12. The predicted molar refractivity (Wildman–Crippen MR) is 67.0 cm³/mol. The van der Waals surface area contributed by atoms with Gasteiger partial charge < -0.3 is 10.4 Å². The van der Waals surface area contributed by atoms with Gasteiger partial charge in [0.25, 0.3) is 0 Å². The molecule has 0 amide bonds. The third-order valence-corrected chi connectivity index (χ3v) is 3.19. The van der Waals surface area contributed by atoms with Crippen LogP contribution in [0.5, 0.6) is 0 Å². The highest BCUT2D eigenvalue weighted by molar-refractivity contribution is 4.71. The Kier molecular flexibility index (Phi) is 8.07. The second-order valence-corrected chi connectivity index (χ2v) is 5.61. The third kappa shape index (κ3) is 8.88. The van der Waals surface area contributed by atoms with Gasteiger partial charge in [-0.1, -0.05) is 40.5 Å². The van der Waals surface area contributed by atoms with E-state index in [-0.39, 0.29) is 0 Å². The van der Waals surface area contributed by atoms with Gasteiger partial charge in [0, 0.05) is 6.61 Å². The van der Waals surface area contributed by atoms with Crippen LogP contribution < -0.4 is 5.32 Å². The molecule has 0 aromatic heterocycles. The summed E-state index contributed by atoms with van der Waals surface area (Å²) in [6.07, 6.45) is 4.58. The molecule has 0 heterocycles. The van der Waals surface area contributed by atoms with Gasteiger partial charge in [0.05, 0.1) is 0 Å². The maximum absolute atomic E-state index is 8.62. The monoisotopic (exact) mass is 215 g/mol. The molecule has 2 nitrogen and oxygen atoms in total. The highest BCUT2D eigenvalue weighted by Gasteiger charge is 2.18. The molecule has 0 spiro atoms. The summed E-state index contributed by atoms with van der Waals surface area (Å²) in [5.41, 5.74) is 0.407. The summed E-state index contributed by atoms with van der Waals surface area (Å²) in [5.74, 6) is 0.718. The molecule has 0 saturated carbocycles. The van der Waals surface area contributed by atoms with Crippen LogP contribution in [0.25, 0.3) is 0 Å². The van der Waals surface area contributed by atoms with Crippen molar-refractivity contribution in [2.45, 2.75) is 53.4 Å². The van der Waals surface area contributed by atoms with Gasteiger partial charge in [-0.05, 0) is 37.3 Å². The summed E-state index contributed by atoms with van der Waals surface area (Å²) in [5, 5.41) is 12.1. The van der Waals surface area contributed by atoms with E-state index in [0.29, 0.717) is 12.0 Å². The first-order valence-corrected chi connectivity index (χ1v) is 6.30. The summed E-state index contributed by atoms with van der Waals surface area (Å²) >= 11 is 0. The number of aliphatic hydroxyl groups is 1. The molecule has 2 N–H and O–H groups in total. The fraction of sp³-hybridized carbons (Fsp3) is 1.00. The fourth-order valence-corrected chi connectivity index (χ4v) is 1.34. The summed E-state index contributed by atoms with van der Waals surface area (Å²) in [6.45, 7) is 11.8. The Morgan fingerprint density at radius 2 is 1.67 bits per heavy atom. The number of nitrogens with one attached hydrogen (secondary N) is 1. The van der Waals surface area contributed by atoms with Gasteiger partial charge in [0.2, 0.25) is 0 Å². The van der Waals surface area contributed by atoms with Crippen molar-refractivity contribution in [3.63, 3.8) is 0 Å². The first kappa shape index (κ1) is 14.9. The van der Waals surface area contributed by atoms with E-state index in [1.807, 2.05) is 0 Å². The van der Waals surface area contributed by atoms with Crippen molar-refractivity contribution in [2.24, 2.45) is 11.3 Å². The fourth-order valence-electron chi connectivity index (χ4n) is 1.34. The van der Waals surface area contributed by atoms with Gasteiger partial charge in [-0.3, -0.25) is 0 Å². The quantitative estimate of drug-likeness (QED) is 0.610. The van der Waals surface area contributed by atoms with E-state index in [9.17, 15) is 0 Å². The molecule has 2 heteroatoms. The summed E-state index contributed by atoms with van der Waals surface area (Å²) in [7, 11) is 0. The molecule has 0 aromatic carbocycles. The van der Waals surface area contributed by atoms with Gasteiger partial charge in [0.1, 0.15) is 0 Å². The van der Waals surface area contributed by atoms with Crippen molar-refractivity contribution in [3.8, 4) is 0 Å². The Labute approximate surface area is 95.5 Å². The molecule has 0 rings (SSSR count). The van der Waals surface area contributed by atoms with E-state index in [4.69, 9.17) is 5.11 Å². The van der Waals surface area contributed by atoms with Gasteiger partial charge >= 0.3 is 0 Å². The van der Waals surface area contributed by atoms with E-state index in [0.717, 1.165) is 31.8 Å². The Morgan fingerprint density at radius 1 is 1.07 bits per heavy atom. The molecule has 0 radical (unpaired) electrons. The van der Waals surface area contributed by atoms with Gasteiger partial charge in [0.15, 0.2) is 0 Å². The lowest BCUT2D eigenvalue weighted by Crippen LogP contribution is -2.30. The van der Waals surface area contributed by atoms with E-state index >= 15 is 0 Å². The van der Waals surface area contributed by atoms with E-state index < -0.39 is 0 Å². The molecule has 0 aromatic rings. The summed E-state index contributed by atoms with van der Waals surface area (Å²) < 4.78 is 0. The van der Waals surface area contributed by atoms with Crippen LogP contribution in [0, 0.1) is 11.3 Å². The molecule has 15 heavy (non-hydrogen) atoms. The van der Waals surface area contributed by atoms with Crippen LogP contribution in [0.2, 0.25) is 0 Å². The number of rotatable bonds is 8. The van der Waals surface area contributed by atoms with Crippen molar-refractivity contribution in [2.75, 3.05) is 19.7 Å². The molecule has 0 bridgehead atoms. The number of unbranched alkanes of at least 4 members (excludes halogenated alkanes) is 3. The van der Waals surface area contributed by atoms with Gasteiger partial charge in [-0.15, -0.1) is 0 Å².